The van der Waals surface area contributed by atoms with Crippen molar-refractivity contribution in [2.45, 2.75) is 69.7 Å². The Morgan fingerprint density at radius 3 is 2.26 bits per heavy atom. The van der Waals surface area contributed by atoms with E-state index in [4.69, 9.17) is 18.9 Å². The Bertz CT molecular complexity index is 1100. The number of hydrogen-bond acceptors (Lipinski definition) is 9. The minimum atomic E-state index is -1.01. The van der Waals surface area contributed by atoms with Crippen molar-refractivity contribution in [3.05, 3.63) is 23.8 Å². The lowest BCUT2D eigenvalue weighted by molar-refractivity contribution is -0.133. The highest BCUT2D eigenvalue weighted by Crippen LogP contribution is 2.30. The van der Waals surface area contributed by atoms with Crippen LogP contribution in [0, 0.1) is 5.92 Å². The summed E-state index contributed by atoms with van der Waals surface area (Å²) in [5.41, 5.74) is 0.723. The number of nitrogens with zero attached hydrogens (tertiary/aromatic N) is 1. The Balaban J connectivity index is 1.45. The second kappa shape index (κ2) is 15.3. The van der Waals surface area contributed by atoms with Crippen LogP contribution in [0.3, 0.4) is 0 Å². The average molecular weight is 589 g/mol. The van der Waals surface area contributed by atoms with Crippen molar-refractivity contribution in [1.29, 1.82) is 0 Å². The van der Waals surface area contributed by atoms with Crippen LogP contribution in [0.25, 0.3) is 0 Å². The van der Waals surface area contributed by atoms with Crippen molar-refractivity contribution in [3.63, 3.8) is 0 Å². The minimum absolute atomic E-state index is 0.129. The monoisotopic (exact) mass is 588 g/mol. The van der Waals surface area contributed by atoms with Gasteiger partial charge in [0.25, 0.3) is 0 Å². The molecule has 4 rings (SSSR count). The first-order valence-electron chi connectivity index (χ1n) is 14.8. The molecule has 2 aliphatic heterocycles. The lowest BCUT2D eigenvalue weighted by atomic mass is 9.94. The SMILES string of the molecule is COc1ccc(C[C@H](NC(=O)[C@H](C)NC(=O)CN2CCOCC2)C(=O)N[C@@H](CC2CCCC2)C(=O)C2CO2)cc1OC. The summed E-state index contributed by atoms with van der Waals surface area (Å²) < 4.78 is 21.3. The van der Waals surface area contributed by atoms with Crippen LogP contribution in [0.1, 0.15) is 44.6 Å². The molecule has 2 heterocycles. The van der Waals surface area contributed by atoms with E-state index >= 15 is 0 Å². The van der Waals surface area contributed by atoms with Gasteiger partial charge in [0.1, 0.15) is 18.2 Å². The fourth-order valence-corrected chi connectivity index (χ4v) is 5.60. The lowest BCUT2D eigenvalue weighted by Crippen LogP contribution is -2.57. The van der Waals surface area contributed by atoms with Gasteiger partial charge >= 0.3 is 0 Å². The molecule has 2 saturated heterocycles. The number of nitrogens with one attached hydrogen (secondary N) is 3. The van der Waals surface area contributed by atoms with Crippen LogP contribution in [0.15, 0.2) is 18.2 Å². The highest BCUT2D eigenvalue weighted by atomic mass is 16.6. The summed E-state index contributed by atoms with van der Waals surface area (Å²) >= 11 is 0. The van der Waals surface area contributed by atoms with Crippen LogP contribution in [-0.2, 0) is 35.1 Å². The molecule has 3 fully saturated rings. The number of carbonyl (C=O) groups is 4. The van der Waals surface area contributed by atoms with Gasteiger partial charge < -0.3 is 34.9 Å². The molecule has 1 saturated carbocycles. The third kappa shape index (κ3) is 9.14. The molecule has 0 bridgehead atoms. The van der Waals surface area contributed by atoms with Gasteiger partial charge in [-0.25, -0.2) is 0 Å². The smallest absolute Gasteiger partial charge is 0.243 e. The molecule has 1 aromatic carbocycles. The number of benzene rings is 1. The number of amides is 3. The largest absolute Gasteiger partial charge is 0.493 e. The van der Waals surface area contributed by atoms with E-state index in [0.29, 0.717) is 56.7 Å². The molecule has 42 heavy (non-hydrogen) atoms. The molecule has 4 atom stereocenters. The van der Waals surface area contributed by atoms with Crippen molar-refractivity contribution in [2.24, 2.45) is 5.92 Å². The number of methoxy groups -OCH3 is 2. The first kappa shape index (κ1) is 31.7. The standard InChI is InChI=1S/C30H44N4O8/c1-19(31-27(35)17-34-10-12-41-13-11-34)29(37)33-23(15-21-8-9-24(39-2)25(16-21)40-3)30(38)32-22(28(36)26-18-42-26)14-20-6-4-5-7-20/h8-9,16,19-20,22-23,26H,4-7,10-15,17-18H2,1-3H3,(H,31,35)(H,32,38)(H,33,37)/t19-,22-,23-,26?/m0/s1. The molecule has 1 aliphatic carbocycles. The van der Waals surface area contributed by atoms with Crippen molar-refractivity contribution in [2.75, 3.05) is 53.7 Å². The fourth-order valence-electron chi connectivity index (χ4n) is 5.60. The van der Waals surface area contributed by atoms with Crippen LogP contribution in [-0.4, -0.2) is 106 Å². The molecule has 0 radical (unpaired) electrons. The van der Waals surface area contributed by atoms with Gasteiger partial charge in [-0.3, -0.25) is 24.1 Å². The maximum Gasteiger partial charge on any atom is 0.243 e. The van der Waals surface area contributed by atoms with Gasteiger partial charge in [0.15, 0.2) is 17.3 Å². The van der Waals surface area contributed by atoms with Crippen LogP contribution in [0.2, 0.25) is 0 Å². The molecule has 1 unspecified atom stereocenters. The zero-order valence-electron chi connectivity index (χ0n) is 24.8. The van der Waals surface area contributed by atoms with Crippen molar-refractivity contribution in [1.82, 2.24) is 20.9 Å². The van der Waals surface area contributed by atoms with E-state index < -0.39 is 36.0 Å². The van der Waals surface area contributed by atoms with Gasteiger partial charge in [-0.2, -0.15) is 0 Å². The molecule has 0 spiro atoms. The maximum absolute atomic E-state index is 13.7. The van der Waals surface area contributed by atoms with E-state index in [9.17, 15) is 19.2 Å². The van der Waals surface area contributed by atoms with E-state index in [1.54, 1.807) is 25.1 Å². The summed E-state index contributed by atoms with van der Waals surface area (Å²) in [7, 11) is 3.06. The number of rotatable bonds is 15. The van der Waals surface area contributed by atoms with Gasteiger partial charge in [0.2, 0.25) is 17.7 Å². The van der Waals surface area contributed by atoms with Crippen LogP contribution in [0.4, 0.5) is 0 Å². The lowest BCUT2D eigenvalue weighted by Gasteiger charge is -2.27. The molecule has 1 aromatic rings. The number of hydrogen-bond donors (Lipinski definition) is 3. The molecule has 0 aromatic heterocycles. The molecule has 12 nitrogen and oxygen atoms in total. The van der Waals surface area contributed by atoms with Crippen molar-refractivity contribution < 1.29 is 38.1 Å². The number of ether oxygens (including phenoxy) is 4. The highest BCUT2D eigenvalue weighted by molar-refractivity contribution is 5.96. The Morgan fingerprint density at radius 1 is 0.952 bits per heavy atom. The first-order valence-corrected chi connectivity index (χ1v) is 14.8. The third-order valence-corrected chi connectivity index (χ3v) is 8.12. The minimum Gasteiger partial charge on any atom is -0.493 e. The van der Waals surface area contributed by atoms with Crippen LogP contribution >= 0.6 is 0 Å². The second-order valence-corrected chi connectivity index (χ2v) is 11.3. The Morgan fingerprint density at radius 2 is 1.62 bits per heavy atom. The Labute approximate surface area is 247 Å². The van der Waals surface area contributed by atoms with Gasteiger partial charge in [-0.15, -0.1) is 0 Å². The third-order valence-electron chi connectivity index (χ3n) is 8.12. The van der Waals surface area contributed by atoms with Crippen LogP contribution in [0.5, 0.6) is 11.5 Å². The zero-order valence-corrected chi connectivity index (χ0v) is 24.8. The molecule has 3 amide bonds. The van der Waals surface area contributed by atoms with E-state index in [1.165, 1.54) is 14.2 Å². The second-order valence-electron chi connectivity index (χ2n) is 11.3. The summed E-state index contributed by atoms with van der Waals surface area (Å²) in [4.78, 5) is 54.6. The van der Waals surface area contributed by atoms with Gasteiger partial charge in [-0.1, -0.05) is 31.7 Å². The topological polar surface area (TPSA) is 148 Å². The van der Waals surface area contributed by atoms with E-state index in [2.05, 4.69) is 16.0 Å². The van der Waals surface area contributed by atoms with Crippen molar-refractivity contribution in [3.8, 4) is 11.5 Å². The molecule has 12 heteroatoms. The molecule has 3 aliphatic rings. The number of Topliss-reactive ketones (excluding diaryl/α,β-unsaturated/α-hetero) is 1. The van der Waals surface area contributed by atoms with E-state index in [-0.39, 0.29) is 24.7 Å². The average Bonchev–Trinajstić information content (AvgIpc) is 3.71. The Hall–Kier alpha value is -3.22. The van der Waals surface area contributed by atoms with Gasteiger partial charge in [0, 0.05) is 19.5 Å². The number of epoxide rings is 1. The molecular weight excluding hydrogens is 544 g/mol. The predicted octanol–water partition coefficient (Wildman–Crippen LogP) is 0.601. The van der Waals surface area contributed by atoms with Crippen molar-refractivity contribution >= 4 is 23.5 Å². The summed E-state index contributed by atoms with van der Waals surface area (Å²) in [5, 5.41) is 8.47. The summed E-state index contributed by atoms with van der Waals surface area (Å²) in [6.07, 6.45) is 4.49. The predicted molar refractivity (Wildman–Crippen MR) is 153 cm³/mol. The number of ketones is 1. The van der Waals surface area contributed by atoms with E-state index in [1.807, 2.05) is 4.90 Å². The Kier molecular flexibility index (Phi) is 11.6. The summed E-state index contributed by atoms with van der Waals surface area (Å²) in [6, 6.07) is 2.70. The quantitative estimate of drug-likeness (QED) is 0.251. The normalized spacial score (nSPS) is 21.1. The summed E-state index contributed by atoms with van der Waals surface area (Å²) in [5.74, 6) is -0.00282. The maximum atomic E-state index is 13.7. The summed E-state index contributed by atoms with van der Waals surface area (Å²) in [6.45, 7) is 4.52. The number of carbonyl (C=O) groups excluding carboxylic acids is 4. The zero-order chi connectivity index (χ0) is 30.1. The molecule has 3 N–H and O–H groups in total. The molecular formula is C30H44N4O8. The fraction of sp³-hybridized carbons (Fsp3) is 0.667. The molecule has 232 valence electrons. The van der Waals surface area contributed by atoms with Crippen LogP contribution < -0.4 is 25.4 Å². The van der Waals surface area contributed by atoms with Gasteiger partial charge in [-0.05, 0) is 37.0 Å². The number of morpholine rings is 1. The van der Waals surface area contributed by atoms with E-state index in [0.717, 1.165) is 31.2 Å². The first-order chi connectivity index (χ1) is 20.3. The highest BCUT2D eigenvalue weighted by Gasteiger charge is 2.39. The van der Waals surface area contributed by atoms with Gasteiger partial charge in [0.05, 0.1) is 46.6 Å².